The monoisotopic (exact) mass is 478 g/mol. The van der Waals surface area contributed by atoms with Gasteiger partial charge < -0.3 is 15.5 Å². The maximum absolute atomic E-state index is 12.6. The van der Waals surface area contributed by atoms with Gasteiger partial charge in [0.2, 0.25) is 5.91 Å². The highest BCUT2D eigenvalue weighted by molar-refractivity contribution is 14.0. The Morgan fingerprint density at radius 3 is 2.60 bits per heavy atom. The Hall–Kier alpha value is -0.830. The van der Waals surface area contributed by atoms with Gasteiger partial charge in [0.1, 0.15) is 0 Å². The minimum Gasteiger partial charge on any atom is -0.357 e. The van der Waals surface area contributed by atoms with Crippen LogP contribution in [0.3, 0.4) is 0 Å². The molecular weight excluding hydrogens is 447 g/mol. The van der Waals surface area contributed by atoms with E-state index in [2.05, 4.69) is 35.1 Å². The lowest BCUT2D eigenvalue weighted by Gasteiger charge is -2.29. The van der Waals surface area contributed by atoms with E-state index in [4.69, 9.17) is 4.99 Å². The number of hydrogen-bond acceptors (Lipinski definition) is 3. The Balaban J connectivity index is 0.00000312. The van der Waals surface area contributed by atoms with Crippen molar-refractivity contribution in [2.75, 3.05) is 33.7 Å². The first-order valence-electron chi connectivity index (χ1n) is 8.84. The summed E-state index contributed by atoms with van der Waals surface area (Å²) in [5.41, 5.74) is -0.306. The van der Waals surface area contributed by atoms with Crippen LogP contribution < -0.4 is 10.6 Å². The van der Waals surface area contributed by atoms with E-state index in [9.17, 15) is 4.79 Å². The number of amides is 1. The lowest BCUT2D eigenvalue weighted by Crippen LogP contribution is -2.43. The van der Waals surface area contributed by atoms with E-state index in [1.807, 2.05) is 14.1 Å². The van der Waals surface area contributed by atoms with Gasteiger partial charge in [0.05, 0.1) is 12.0 Å². The van der Waals surface area contributed by atoms with Gasteiger partial charge in [0.25, 0.3) is 0 Å². The van der Waals surface area contributed by atoms with Crippen molar-refractivity contribution in [1.29, 1.82) is 0 Å². The number of carbonyl (C=O) groups is 1. The molecule has 0 radical (unpaired) electrons. The molecule has 0 saturated heterocycles. The third-order valence-corrected chi connectivity index (χ3v) is 5.48. The first kappa shape index (κ1) is 22.2. The highest BCUT2D eigenvalue weighted by Crippen LogP contribution is 2.39. The van der Waals surface area contributed by atoms with Crippen molar-refractivity contribution >= 4 is 47.2 Å². The Morgan fingerprint density at radius 1 is 1.32 bits per heavy atom. The topological polar surface area (TPSA) is 56.7 Å². The van der Waals surface area contributed by atoms with Gasteiger partial charge in [-0.05, 0) is 37.6 Å². The first-order valence-corrected chi connectivity index (χ1v) is 9.72. The van der Waals surface area contributed by atoms with E-state index in [0.29, 0.717) is 6.54 Å². The molecule has 0 bridgehead atoms. The van der Waals surface area contributed by atoms with Crippen LogP contribution in [-0.2, 0) is 11.2 Å². The fourth-order valence-electron chi connectivity index (χ4n) is 3.30. The molecule has 1 heterocycles. The van der Waals surface area contributed by atoms with Crippen molar-refractivity contribution in [3.63, 3.8) is 0 Å². The molecule has 7 heteroatoms. The molecule has 0 spiro atoms. The molecule has 1 fully saturated rings. The Kier molecular flexibility index (Phi) is 9.78. The molecule has 0 atom stereocenters. The third-order valence-electron chi connectivity index (χ3n) is 4.55. The SMILES string of the molecule is CCNC(=NCC1(C(=O)N(C)C)CCCC1)NCCc1cccs1.I. The summed E-state index contributed by atoms with van der Waals surface area (Å²) in [4.78, 5) is 20.5. The van der Waals surface area contributed by atoms with Gasteiger partial charge in [-0.1, -0.05) is 18.9 Å². The molecule has 1 aromatic heterocycles. The number of hydrogen-bond donors (Lipinski definition) is 2. The van der Waals surface area contributed by atoms with E-state index in [1.54, 1.807) is 16.2 Å². The molecule has 25 heavy (non-hydrogen) atoms. The van der Waals surface area contributed by atoms with Gasteiger partial charge in [0, 0.05) is 32.1 Å². The van der Waals surface area contributed by atoms with E-state index >= 15 is 0 Å². The van der Waals surface area contributed by atoms with Crippen molar-refractivity contribution < 1.29 is 4.79 Å². The van der Waals surface area contributed by atoms with Crippen LogP contribution in [0.2, 0.25) is 0 Å². The average Bonchev–Trinajstić information content (AvgIpc) is 3.24. The Morgan fingerprint density at radius 2 is 2.04 bits per heavy atom. The zero-order chi connectivity index (χ0) is 17.4. The number of nitrogens with zero attached hydrogens (tertiary/aromatic N) is 2. The fourth-order valence-corrected chi connectivity index (χ4v) is 4.01. The van der Waals surface area contributed by atoms with Crippen molar-refractivity contribution in [3.8, 4) is 0 Å². The first-order chi connectivity index (χ1) is 11.6. The van der Waals surface area contributed by atoms with E-state index in [0.717, 1.165) is 51.2 Å². The van der Waals surface area contributed by atoms with Gasteiger partial charge in [-0.15, -0.1) is 35.3 Å². The number of aliphatic imine (C=N–C) groups is 1. The van der Waals surface area contributed by atoms with Crippen LogP contribution >= 0.6 is 35.3 Å². The molecule has 1 saturated carbocycles. The highest BCUT2D eigenvalue weighted by Gasteiger charge is 2.41. The molecule has 0 aromatic carbocycles. The van der Waals surface area contributed by atoms with Gasteiger partial charge in [-0.2, -0.15) is 0 Å². The standard InChI is InChI=1S/C18H30N4OS.HI/c1-4-19-17(20-12-9-15-8-7-13-24-15)21-14-18(10-5-6-11-18)16(23)22(2)3;/h7-8,13H,4-6,9-12,14H2,1-3H3,(H2,19,20,21);1H. The summed E-state index contributed by atoms with van der Waals surface area (Å²) in [7, 11) is 3.69. The molecule has 2 N–H and O–H groups in total. The van der Waals surface area contributed by atoms with Gasteiger partial charge in [-0.25, -0.2) is 0 Å². The van der Waals surface area contributed by atoms with Crippen molar-refractivity contribution in [1.82, 2.24) is 15.5 Å². The smallest absolute Gasteiger partial charge is 0.230 e. The second-order valence-electron chi connectivity index (χ2n) is 6.64. The largest absolute Gasteiger partial charge is 0.357 e. The summed E-state index contributed by atoms with van der Waals surface area (Å²) in [6.45, 7) is 4.30. The molecule has 1 aliphatic rings. The van der Waals surface area contributed by atoms with Crippen LogP contribution in [0.15, 0.2) is 22.5 Å². The Labute approximate surface area is 172 Å². The van der Waals surface area contributed by atoms with Gasteiger partial charge in [-0.3, -0.25) is 9.79 Å². The number of halogens is 1. The summed E-state index contributed by atoms with van der Waals surface area (Å²) < 4.78 is 0. The Bertz CT molecular complexity index is 539. The predicted molar refractivity (Wildman–Crippen MR) is 117 cm³/mol. The second-order valence-corrected chi connectivity index (χ2v) is 7.67. The van der Waals surface area contributed by atoms with Crippen LogP contribution in [0.5, 0.6) is 0 Å². The van der Waals surface area contributed by atoms with Crippen LogP contribution in [0.4, 0.5) is 0 Å². The van der Waals surface area contributed by atoms with Crippen LogP contribution in [0, 0.1) is 5.41 Å². The minimum atomic E-state index is -0.306. The molecule has 142 valence electrons. The van der Waals surface area contributed by atoms with E-state index in [-0.39, 0.29) is 35.3 Å². The van der Waals surface area contributed by atoms with Crippen molar-refractivity contribution in [2.45, 2.75) is 39.0 Å². The zero-order valence-corrected chi connectivity index (χ0v) is 18.7. The van der Waals surface area contributed by atoms with E-state index in [1.165, 1.54) is 4.88 Å². The summed E-state index contributed by atoms with van der Waals surface area (Å²) >= 11 is 1.78. The third kappa shape index (κ3) is 6.44. The number of carbonyl (C=O) groups excluding carboxylic acids is 1. The predicted octanol–water partition coefficient (Wildman–Crippen LogP) is 3.11. The van der Waals surface area contributed by atoms with Crippen molar-refractivity contribution in [2.24, 2.45) is 10.4 Å². The molecule has 2 rings (SSSR count). The fraction of sp³-hybridized carbons (Fsp3) is 0.667. The number of nitrogens with one attached hydrogen (secondary N) is 2. The lowest BCUT2D eigenvalue weighted by atomic mass is 9.85. The molecular formula is C18H31IN4OS. The molecule has 1 aromatic rings. The summed E-state index contributed by atoms with van der Waals surface area (Å²) in [6.07, 6.45) is 5.13. The normalized spacial score (nSPS) is 16.2. The molecule has 0 unspecified atom stereocenters. The maximum atomic E-state index is 12.6. The van der Waals surface area contributed by atoms with Crippen LogP contribution in [0.25, 0.3) is 0 Å². The quantitative estimate of drug-likeness (QED) is 0.360. The van der Waals surface area contributed by atoms with Crippen LogP contribution in [-0.4, -0.2) is 50.5 Å². The number of rotatable bonds is 7. The zero-order valence-electron chi connectivity index (χ0n) is 15.5. The summed E-state index contributed by atoms with van der Waals surface area (Å²) in [5.74, 6) is 1.03. The molecule has 5 nitrogen and oxygen atoms in total. The maximum Gasteiger partial charge on any atom is 0.230 e. The lowest BCUT2D eigenvalue weighted by molar-refractivity contribution is -0.138. The molecule has 1 aliphatic carbocycles. The highest BCUT2D eigenvalue weighted by atomic mass is 127. The van der Waals surface area contributed by atoms with Crippen LogP contribution in [0.1, 0.15) is 37.5 Å². The van der Waals surface area contributed by atoms with Crippen molar-refractivity contribution in [3.05, 3.63) is 22.4 Å². The second kappa shape index (κ2) is 11.0. The summed E-state index contributed by atoms with van der Waals surface area (Å²) in [6, 6.07) is 4.23. The summed E-state index contributed by atoms with van der Waals surface area (Å²) in [5, 5.41) is 8.78. The molecule has 0 aliphatic heterocycles. The van der Waals surface area contributed by atoms with Gasteiger partial charge in [0.15, 0.2) is 5.96 Å². The van der Waals surface area contributed by atoms with Gasteiger partial charge >= 0.3 is 0 Å². The number of guanidine groups is 1. The van der Waals surface area contributed by atoms with E-state index < -0.39 is 0 Å². The molecule has 1 amide bonds. The minimum absolute atomic E-state index is 0. The average molecular weight is 478 g/mol. The number of thiophene rings is 1.